The van der Waals surface area contributed by atoms with Crippen molar-refractivity contribution in [2.45, 2.75) is 75.4 Å². The Kier molecular flexibility index (Phi) is 7.44. The molecular weight excluding hydrogens is 492 g/mol. The van der Waals surface area contributed by atoms with Gasteiger partial charge in [0.1, 0.15) is 0 Å². The Balaban J connectivity index is 1.57. The van der Waals surface area contributed by atoms with Gasteiger partial charge in [0, 0.05) is 11.1 Å². The SMILES string of the molecule is O=C(c1cccc(C2(O)CCCCC2)c1-c1ccccc1)c1cccc(C2(O)CCCCC2)c1-c1ccccc1. The van der Waals surface area contributed by atoms with Crippen LogP contribution in [0.1, 0.15) is 91.3 Å². The van der Waals surface area contributed by atoms with E-state index in [9.17, 15) is 15.0 Å². The maximum absolute atomic E-state index is 14.8. The van der Waals surface area contributed by atoms with Gasteiger partial charge in [-0.15, -0.1) is 0 Å². The minimum atomic E-state index is -0.957. The van der Waals surface area contributed by atoms with Crippen molar-refractivity contribution in [1.29, 1.82) is 0 Å². The van der Waals surface area contributed by atoms with Crippen LogP contribution >= 0.6 is 0 Å². The van der Waals surface area contributed by atoms with Crippen LogP contribution in [0.5, 0.6) is 0 Å². The number of carbonyl (C=O) groups is 1. The number of carbonyl (C=O) groups excluding carboxylic acids is 1. The second-order valence-corrected chi connectivity index (χ2v) is 11.7. The summed E-state index contributed by atoms with van der Waals surface area (Å²) in [6.45, 7) is 0. The molecule has 40 heavy (non-hydrogen) atoms. The summed E-state index contributed by atoms with van der Waals surface area (Å²) in [5.74, 6) is -0.0831. The summed E-state index contributed by atoms with van der Waals surface area (Å²) in [6, 6.07) is 31.7. The molecule has 2 aliphatic rings. The first-order valence-corrected chi connectivity index (χ1v) is 14.9. The Hall–Kier alpha value is -3.53. The normalized spacial score (nSPS) is 18.2. The van der Waals surface area contributed by atoms with E-state index >= 15 is 0 Å². The van der Waals surface area contributed by atoms with E-state index in [0.717, 1.165) is 71.9 Å². The van der Waals surface area contributed by atoms with Gasteiger partial charge in [0.2, 0.25) is 0 Å². The molecule has 2 fully saturated rings. The molecule has 0 spiro atoms. The Morgan fingerprint density at radius 2 is 0.850 bits per heavy atom. The monoisotopic (exact) mass is 530 g/mol. The van der Waals surface area contributed by atoms with Crippen molar-refractivity contribution in [2.24, 2.45) is 0 Å². The molecule has 2 saturated carbocycles. The van der Waals surface area contributed by atoms with Gasteiger partial charge in [-0.1, -0.05) is 136 Å². The maximum Gasteiger partial charge on any atom is 0.194 e. The standard InChI is InChI=1S/C37H38O3/c38-35(29-19-13-21-31(36(39)23-9-3-10-24-36)33(29)27-15-5-1-6-16-27)30-20-14-22-32(37(40)25-11-4-12-26-37)34(30)28-17-7-2-8-18-28/h1-2,5-8,13-22,39-40H,3-4,9-12,23-26H2. The van der Waals surface area contributed by atoms with Gasteiger partial charge in [-0.2, -0.15) is 0 Å². The fourth-order valence-electron chi connectivity index (χ4n) is 7.05. The summed E-state index contributed by atoms with van der Waals surface area (Å²) in [6.07, 6.45) is 8.93. The molecule has 2 aliphatic carbocycles. The lowest BCUT2D eigenvalue weighted by molar-refractivity contribution is -0.000427. The lowest BCUT2D eigenvalue weighted by Gasteiger charge is -2.35. The minimum absolute atomic E-state index is 0.0831. The molecule has 4 aromatic carbocycles. The topological polar surface area (TPSA) is 57.5 Å². The van der Waals surface area contributed by atoms with Gasteiger partial charge in [0.05, 0.1) is 11.2 Å². The van der Waals surface area contributed by atoms with Crippen LogP contribution in [-0.4, -0.2) is 16.0 Å². The first-order chi connectivity index (χ1) is 19.5. The fraction of sp³-hybridized carbons (Fsp3) is 0.324. The Morgan fingerprint density at radius 1 is 0.475 bits per heavy atom. The summed E-state index contributed by atoms with van der Waals surface area (Å²) in [5, 5.41) is 23.8. The molecule has 6 rings (SSSR count). The van der Waals surface area contributed by atoms with Crippen LogP contribution in [0.2, 0.25) is 0 Å². The van der Waals surface area contributed by atoms with Crippen molar-refractivity contribution in [2.75, 3.05) is 0 Å². The van der Waals surface area contributed by atoms with Crippen molar-refractivity contribution in [3.05, 3.63) is 119 Å². The van der Waals surface area contributed by atoms with E-state index in [1.54, 1.807) is 0 Å². The van der Waals surface area contributed by atoms with Crippen LogP contribution < -0.4 is 0 Å². The van der Waals surface area contributed by atoms with Crippen LogP contribution in [0.4, 0.5) is 0 Å². The number of benzene rings is 4. The van der Waals surface area contributed by atoms with E-state index in [2.05, 4.69) is 0 Å². The molecule has 0 atom stereocenters. The Bertz CT molecular complexity index is 1360. The molecule has 0 bridgehead atoms. The third-order valence-corrected chi connectivity index (χ3v) is 9.11. The van der Waals surface area contributed by atoms with Gasteiger partial charge in [-0.25, -0.2) is 0 Å². The lowest BCUT2D eigenvalue weighted by atomic mass is 9.73. The highest BCUT2D eigenvalue weighted by molar-refractivity contribution is 6.16. The number of hydrogen-bond donors (Lipinski definition) is 2. The molecule has 0 aliphatic heterocycles. The summed E-state index contributed by atoms with van der Waals surface area (Å²) >= 11 is 0. The van der Waals surface area contributed by atoms with Crippen molar-refractivity contribution < 1.29 is 15.0 Å². The quantitative estimate of drug-likeness (QED) is 0.246. The molecular formula is C37H38O3. The highest BCUT2D eigenvalue weighted by atomic mass is 16.3. The van der Waals surface area contributed by atoms with Crippen LogP contribution in [0.25, 0.3) is 22.3 Å². The van der Waals surface area contributed by atoms with Crippen LogP contribution in [-0.2, 0) is 11.2 Å². The molecule has 0 aromatic heterocycles. The smallest absolute Gasteiger partial charge is 0.194 e. The van der Waals surface area contributed by atoms with E-state index in [1.807, 2.05) is 97.1 Å². The average Bonchev–Trinajstić information content (AvgIpc) is 3.01. The summed E-state index contributed by atoms with van der Waals surface area (Å²) in [4.78, 5) is 14.8. The van der Waals surface area contributed by atoms with Crippen molar-refractivity contribution in [1.82, 2.24) is 0 Å². The van der Waals surface area contributed by atoms with Crippen LogP contribution in [0.3, 0.4) is 0 Å². The van der Waals surface area contributed by atoms with Gasteiger partial charge >= 0.3 is 0 Å². The van der Waals surface area contributed by atoms with Gasteiger partial charge < -0.3 is 10.2 Å². The number of ketones is 1. The minimum Gasteiger partial charge on any atom is -0.385 e. The maximum atomic E-state index is 14.8. The van der Waals surface area contributed by atoms with E-state index in [4.69, 9.17) is 0 Å². The zero-order valence-electron chi connectivity index (χ0n) is 23.1. The van der Waals surface area contributed by atoms with E-state index < -0.39 is 11.2 Å². The first kappa shape index (κ1) is 26.7. The molecule has 4 aromatic rings. The Labute approximate surface area is 237 Å². The van der Waals surface area contributed by atoms with Gasteiger partial charge in [-0.3, -0.25) is 4.79 Å². The van der Waals surface area contributed by atoms with Crippen molar-refractivity contribution >= 4 is 5.78 Å². The van der Waals surface area contributed by atoms with Gasteiger partial charge in [0.15, 0.2) is 5.78 Å². The lowest BCUT2D eigenvalue weighted by Crippen LogP contribution is -2.30. The highest BCUT2D eigenvalue weighted by Gasteiger charge is 2.37. The van der Waals surface area contributed by atoms with Crippen LogP contribution in [0.15, 0.2) is 97.1 Å². The average molecular weight is 531 g/mol. The van der Waals surface area contributed by atoms with Gasteiger partial charge in [-0.05, 0) is 59.1 Å². The molecule has 3 heteroatoms. The molecule has 0 amide bonds. The summed E-state index contributed by atoms with van der Waals surface area (Å²) in [5.41, 5.74) is 4.45. The van der Waals surface area contributed by atoms with E-state index in [-0.39, 0.29) is 5.78 Å². The Morgan fingerprint density at radius 3 is 1.23 bits per heavy atom. The third kappa shape index (κ3) is 4.93. The predicted octanol–water partition coefficient (Wildman–Crippen LogP) is 8.56. The molecule has 0 heterocycles. The van der Waals surface area contributed by atoms with Crippen molar-refractivity contribution in [3.8, 4) is 22.3 Å². The second kappa shape index (κ2) is 11.2. The molecule has 204 valence electrons. The second-order valence-electron chi connectivity index (χ2n) is 11.7. The van der Waals surface area contributed by atoms with Crippen molar-refractivity contribution in [3.63, 3.8) is 0 Å². The molecule has 3 nitrogen and oxygen atoms in total. The number of rotatable bonds is 6. The number of aliphatic hydroxyl groups is 2. The van der Waals surface area contributed by atoms with Gasteiger partial charge in [0.25, 0.3) is 0 Å². The summed E-state index contributed by atoms with van der Waals surface area (Å²) in [7, 11) is 0. The van der Waals surface area contributed by atoms with E-state index in [0.29, 0.717) is 36.8 Å². The predicted molar refractivity (Wildman–Crippen MR) is 161 cm³/mol. The molecule has 0 radical (unpaired) electrons. The zero-order chi connectivity index (χ0) is 27.6. The molecule has 0 unspecified atom stereocenters. The van der Waals surface area contributed by atoms with E-state index in [1.165, 1.54) is 0 Å². The number of hydrogen-bond acceptors (Lipinski definition) is 3. The third-order valence-electron chi connectivity index (χ3n) is 9.11. The fourth-order valence-corrected chi connectivity index (χ4v) is 7.05. The zero-order valence-corrected chi connectivity index (χ0v) is 23.1. The highest BCUT2D eigenvalue weighted by Crippen LogP contribution is 2.46. The first-order valence-electron chi connectivity index (χ1n) is 14.9. The molecule has 0 saturated heterocycles. The largest absolute Gasteiger partial charge is 0.385 e. The molecule has 2 N–H and O–H groups in total. The summed E-state index contributed by atoms with van der Waals surface area (Å²) < 4.78 is 0. The van der Waals surface area contributed by atoms with Crippen LogP contribution in [0, 0.1) is 0 Å².